The van der Waals surface area contributed by atoms with Crippen molar-refractivity contribution in [2.45, 2.75) is 12.8 Å². The van der Waals surface area contributed by atoms with Crippen LogP contribution in [0.3, 0.4) is 0 Å². The van der Waals surface area contributed by atoms with Crippen LogP contribution in [0.25, 0.3) is 0 Å². The van der Waals surface area contributed by atoms with Crippen LogP contribution in [0.15, 0.2) is 48.5 Å². The lowest BCUT2D eigenvalue weighted by Gasteiger charge is -2.19. The summed E-state index contributed by atoms with van der Waals surface area (Å²) in [5, 5.41) is 168. The van der Waals surface area contributed by atoms with E-state index in [1.165, 1.54) is 39.0 Å². The van der Waals surface area contributed by atoms with Crippen molar-refractivity contribution in [3.8, 4) is 23.0 Å². The molecule has 44 nitrogen and oxygen atoms in total. The van der Waals surface area contributed by atoms with Crippen LogP contribution in [-0.2, 0) is 0 Å². The molecule has 0 saturated heterocycles. The summed E-state index contributed by atoms with van der Waals surface area (Å²) in [6, 6.07) is 3.07. The molecule has 44 heteroatoms. The Hall–Kier alpha value is -11.3. The lowest BCUT2D eigenvalue weighted by molar-refractivity contribution is -0.942. The number of quaternary nitrogens is 4. The summed E-state index contributed by atoms with van der Waals surface area (Å²) < 4.78 is 0. The molecular formula is C34H38N16O28. The predicted molar refractivity (Wildman–Crippen MR) is 241 cm³/mol. The summed E-state index contributed by atoms with van der Waals surface area (Å²) in [7, 11) is 4.45. The molecule has 0 aliphatic heterocycles. The van der Waals surface area contributed by atoms with E-state index in [0.29, 0.717) is 48.5 Å². The lowest BCUT2D eigenvalue weighted by Crippen LogP contribution is -3.18. The van der Waals surface area contributed by atoms with E-state index < -0.39 is 150 Å². The van der Waals surface area contributed by atoms with Crippen LogP contribution in [0.5, 0.6) is 23.0 Å². The topological polar surface area (TPSA) is 674 Å². The molecule has 0 amide bonds. The third kappa shape index (κ3) is 20.3. The van der Waals surface area contributed by atoms with Gasteiger partial charge >= 0.3 is 0 Å². The largest absolute Gasteiger partial charge is 0.863 e. The van der Waals surface area contributed by atoms with E-state index >= 15 is 0 Å². The Bertz CT molecular complexity index is 2480. The monoisotopic (exact) mass is 1120 g/mol. The van der Waals surface area contributed by atoms with Gasteiger partial charge in [-0.15, -0.1) is 0 Å². The minimum Gasteiger partial charge on any atom is -0.863 e. The zero-order valence-electron chi connectivity index (χ0n) is 39.5. The van der Waals surface area contributed by atoms with Crippen molar-refractivity contribution in [2.24, 2.45) is 0 Å². The first-order valence-corrected chi connectivity index (χ1v) is 20.4. The Labute approximate surface area is 427 Å². The summed E-state index contributed by atoms with van der Waals surface area (Å²) >= 11 is 0. The molecule has 8 N–H and O–H groups in total. The highest BCUT2D eigenvalue weighted by Crippen LogP contribution is 2.40. The predicted octanol–water partition coefficient (Wildman–Crippen LogP) is -2.78. The first-order valence-electron chi connectivity index (χ1n) is 20.4. The number of non-ortho nitro benzene ring substituents is 4. The molecule has 0 atom stereocenters. The molecule has 0 radical (unpaired) electrons. The molecule has 4 aromatic rings. The van der Waals surface area contributed by atoms with E-state index in [0.717, 1.165) is 13.1 Å². The number of nitro groups is 12. The van der Waals surface area contributed by atoms with Crippen molar-refractivity contribution in [1.29, 1.82) is 0 Å². The number of benzene rings is 4. The van der Waals surface area contributed by atoms with Gasteiger partial charge in [0.25, 0.3) is 68.2 Å². The van der Waals surface area contributed by atoms with Crippen molar-refractivity contribution >= 4 is 68.2 Å². The van der Waals surface area contributed by atoms with Crippen LogP contribution in [0.2, 0.25) is 0 Å². The first-order chi connectivity index (χ1) is 36.1. The minimum absolute atomic E-state index is 0.384. The van der Waals surface area contributed by atoms with Gasteiger partial charge in [-0.25, -0.2) is 0 Å². The van der Waals surface area contributed by atoms with E-state index in [1.807, 2.05) is 0 Å². The smallest absolute Gasteiger partial charge is 0.283 e. The van der Waals surface area contributed by atoms with Crippen LogP contribution < -0.4 is 41.7 Å². The fraction of sp³-hybridized carbons (Fsp3) is 0.294. The molecule has 0 bridgehead atoms. The second kappa shape index (κ2) is 30.7. The highest BCUT2D eigenvalue weighted by atomic mass is 16.7. The minimum atomic E-state index is -1.46. The fourth-order valence-corrected chi connectivity index (χ4v) is 5.39. The van der Waals surface area contributed by atoms with Crippen molar-refractivity contribution in [3.63, 3.8) is 0 Å². The van der Waals surface area contributed by atoms with Gasteiger partial charge in [-0.2, -0.15) is 0 Å². The summed E-state index contributed by atoms with van der Waals surface area (Å²) in [4.78, 5) is 113. The number of nitro benzene ring substituents is 12. The zero-order chi connectivity index (χ0) is 60.6. The van der Waals surface area contributed by atoms with Gasteiger partial charge < -0.3 is 41.7 Å². The number of rotatable bonds is 21. The van der Waals surface area contributed by atoms with Crippen LogP contribution in [-0.4, -0.2) is 112 Å². The van der Waals surface area contributed by atoms with Crippen molar-refractivity contribution in [1.82, 2.24) is 0 Å². The molecule has 0 heterocycles. The van der Waals surface area contributed by atoms with Crippen molar-refractivity contribution in [3.05, 3.63) is 170 Å². The van der Waals surface area contributed by atoms with Gasteiger partial charge in [0.1, 0.15) is 13.1 Å². The van der Waals surface area contributed by atoms with Gasteiger partial charge in [-0.1, -0.05) is 0 Å². The van der Waals surface area contributed by atoms with E-state index in [4.69, 9.17) is 0 Å². The summed E-state index contributed by atoms with van der Waals surface area (Å²) in [6.45, 7) is 7.28. The van der Waals surface area contributed by atoms with Crippen LogP contribution in [0.4, 0.5) is 68.2 Å². The number of hydrogen-bond donors (Lipinski definition) is 4. The molecular weight excluding hydrogens is 1080 g/mol. The maximum absolute atomic E-state index is 11.1. The molecule has 4 aromatic carbocycles. The molecule has 0 unspecified atom stereocenters. The van der Waals surface area contributed by atoms with Gasteiger partial charge in [0, 0.05) is 12.8 Å². The molecule has 422 valence electrons. The first kappa shape index (κ1) is 66.7. The van der Waals surface area contributed by atoms with Gasteiger partial charge in [-0.3, -0.25) is 121 Å². The molecule has 0 saturated carbocycles. The molecule has 0 aliphatic carbocycles. The van der Waals surface area contributed by atoms with E-state index in [9.17, 15) is 142 Å². The summed E-state index contributed by atoms with van der Waals surface area (Å²) in [5.74, 6) is -5.83. The van der Waals surface area contributed by atoms with E-state index in [2.05, 4.69) is 25.6 Å². The number of nitrogens with one attached hydrogen (secondary N) is 2. The second-order valence-corrected chi connectivity index (χ2v) is 14.7. The third-order valence-corrected chi connectivity index (χ3v) is 9.09. The van der Waals surface area contributed by atoms with Crippen LogP contribution in [0.1, 0.15) is 12.8 Å². The maximum Gasteiger partial charge on any atom is 0.283 e. The van der Waals surface area contributed by atoms with Crippen LogP contribution >= 0.6 is 0 Å². The Morgan fingerprint density at radius 2 is 0.474 bits per heavy atom. The van der Waals surface area contributed by atoms with Gasteiger partial charge in [0.05, 0.1) is 171 Å². The van der Waals surface area contributed by atoms with E-state index in [1.54, 1.807) is 9.80 Å². The number of likely N-dealkylation sites (N-methyl/N-ethyl adjacent to an activating group) is 1. The average molecular weight is 1120 g/mol. The standard InChI is InChI=1S/C10H26N4.4C6H3N3O7/c1-13(2)9-10-14(7-3-5-11)8-4-6-12;4*10-6-4(8(13)14)1-3(7(11)12)2-5(6)9(15)16/h3-12H2,1-2H3;4*1-2,10H. The number of nitrogens with zero attached hydrogens (tertiary/aromatic N) is 12. The van der Waals surface area contributed by atoms with Gasteiger partial charge in [0.15, 0.2) is 0 Å². The molecule has 78 heavy (non-hydrogen) atoms. The van der Waals surface area contributed by atoms with Crippen molar-refractivity contribution in [2.75, 3.05) is 53.4 Å². The highest BCUT2D eigenvalue weighted by Gasteiger charge is 2.28. The highest BCUT2D eigenvalue weighted by molar-refractivity contribution is 5.66. The number of hydrogen-bond acceptors (Lipinski definition) is 28. The maximum atomic E-state index is 11.1. The van der Waals surface area contributed by atoms with E-state index in [-0.39, 0.29) is 0 Å². The molecule has 0 aromatic heterocycles. The van der Waals surface area contributed by atoms with Crippen LogP contribution in [0, 0.1) is 121 Å². The fourth-order valence-electron chi connectivity index (χ4n) is 5.39. The molecule has 0 aliphatic rings. The molecule has 0 spiro atoms. The SMILES string of the molecule is C[NH+](C)CC[NH+](CCC[NH3+])CCC[NH3+].O=[N+]([O-])c1cc([N+](=O)[O-])c([O-])c([N+](=O)[O-])c1.O=[N+]([O-])c1cc([N+](=O)[O-])c([O-])c([N+](=O)[O-])c1.O=[N+]([O-])c1cc([N+](=O)[O-])c([O-])c([N+](=O)[O-])c1.O=[N+]([O-])c1cc([N+](=O)[O-])c([O-])c([N+](=O)[O-])c1. The van der Waals surface area contributed by atoms with Gasteiger partial charge in [0.2, 0.25) is 0 Å². The lowest BCUT2D eigenvalue weighted by atomic mass is 10.2. The second-order valence-electron chi connectivity index (χ2n) is 14.7. The Morgan fingerprint density at radius 3 is 0.590 bits per heavy atom. The third-order valence-electron chi connectivity index (χ3n) is 9.09. The summed E-state index contributed by atoms with van der Waals surface area (Å²) in [6.07, 6.45) is 2.52. The Morgan fingerprint density at radius 1 is 0.308 bits per heavy atom. The van der Waals surface area contributed by atoms with Crippen molar-refractivity contribution < 1.29 is 101 Å². The zero-order valence-corrected chi connectivity index (χ0v) is 39.5. The molecule has 4 rings (SSSR count). The van der Waals surface area contributed by atoms with Gasteiger partial charge in [-0.05, 0) is 0 Å². The summed E-state index contributed by atoms with van der Waals surface area (Å²) in [5.41, 5.74) is -5.25. The quantitative estimate of drug-likeness (QED) is 0.0484. The normalized spacial score (nSPS) is 10.1. The average Bonchev–Trinajstić information content (AvgIpc) is 3.33. The molecule has 0 fully saturated rings. The Balaban J connectivity index is 0.000000951. The Kier molecular flexibility index (Phi) is 26.2.